The number of fused-ring (bicyclic) bond motifs is 1. The van der Waals surface area contributed by atoms with E-state index < -0.39 is 6.29 Å². The minimum atomic E-state index is -1.13. The molecule has 3 aromatic carbocycles. The first-order chi connectivity index (χ1) is 17.0. The van der Waals surface area contributed by atoms with Crippen molar-refractivity contribution in [3.05, 3.63) is 84.1 Å². The monoisotopic (exact) mass is 470 g/mol. The number of amides is 1. The summed E-state index contributed by atoms with van der Waals surface area (Å²) in [6.07, 6.45) is 0.799. The molecule has 1 unspecified atom stereocenters. The van der Waals surface area contributed by atoms with Crippen LogP contribution < -0.4 is 9.64 Å². The molecule has 0 radical (unpaired) electrons. The van der Waals surface area contributed by atoms with Crippen LogP contribution in [0.4, 0.5) is 5.69 Å². The highest BCUT2D eigenvalue weighted by molar-refractivity contribution is 6.00. The molecule has 1 heterocycles. The maximum atomic E-state index is 12.7. The second-order valence-corrected chi connectivity index (χ2v) is 9.02. The highest BCUT2D eigenvalue weighted by Crippen LogP contribution is 2.40. The fourth-order valence-corrected chi connectivity index (χ4v) is 4.72. The Balaban J connectivity index is 1.67. The SMILES string of the molecule is COc1cccc(Cn2c(C(O)OC)c(-c3cccc(N(C)C(=O)C4CC4)c3)c3ccccc32)c1. The molecule has 180 valence electrons. The van der Waals surface area contributed by atoms with Gasteiger partial charge in [-0.2, -0.15) is 0 Å². The number of rotatable bonds is 8. The summed E-state index contributed by atoms with van der Waals surface area (Å²) in [7, 11) is 4.98. The maximum absolute atomic E-state index is 12.7. The summed E-state index contributed by atoms with van der Waals surface area (Å²) >= 11 is 0. The molecule has 0 bridgehead atoms. The molecule has 1 saturated carbocycles. The molecule has 1 aliphatic rings. The summed E-state index contributed by atoms with van der Waals surface area (Å²) in [6.45, 7) is 0.535. The lowest BCUT2D eigenvalue weighted by Gasteiger charge is -2.19. The Morgan fingerprint density at radius 1 is 1.06 bits per heavy atom. The Morgan fingerprint density at radius 2 is 1.83 bits per heavy atom. The number of para-hydroxylation sites is 1. The zero-order valence-electron chi connectivity index (χ0n) is 20.3. The van der Waals surface area contributed by atoms with Gasteiger partial charge in [0.15, 0.2) is 6.29 Å². The van der Waals surface area contributed by atoms with E-state index in [1.165, 1.54) is 7.11 Å². The van der Waals surface area contributed by atoms with Crippen molar-refractivity contribution in [1.29, 1.82) is 0 Å². The molecular formula is C29H30N2O4. The van der Waals surface area contributed by atoms with Gasteiger partial charge >= 0.3 is 0 Å². The van der Waals surface area contributed by atoms with Gasteiger partial charge in [0.1, 0.15) is 5.75 Å². The average molecular weight is 471 g/mol. The molecule has 4 aromatic rings. The summed E-state index contributed by atoms with van der Waals surface area (Å²) in [4.78, 5) is 14.4. The standard InChI is InChI=1S/C29H30N2O4/c1-30(28(32)20-14-15-20)22-10-7-9-21(17-22)26-24-12-4-5-13-25(24)31(27(26)29(33)35-3)18-19-8-6-11-23(16-19)34-2/h4-13,16-17,20,29,33H,14-15,18H2,1-3H3. The molecule has 5 rings (SSSR count). The zero-order chi connectivity index (χ0) is 24.5. The molecular weight excluding hydrogens is 440 g/mol. The van der Waals surface area contributed by atoms with Gasteiger partial charge in [0.2, 0.25) is 5.91 Å². The van der Waals surface area contributed by atoms with Crippen LogP contribution >= 0.6 is 0 Å². The van der Waals surface area contributed by atoms with E-state index in [9.17, 15) is 9.90 Å². The van der Waals surface area contributed by atoms with Crippen molar-refractivity contribution < 1.29 is 19.4 Å². The van der Waals surface area contributed by atoms with Crippen molar-refractivity contribution >= 4 is 22.5 Å². The van der Waals surface area contributed by atoms with Gasteiger partial charge in [-0.15, -0.1) is 0 Å². The summed E-state index contributed by atoms with van der Waals surface area (Å²) in [5.74, 6) is 1.07. The highest BCUT2D eigenvalue weighted by atomic mass is 16.6. The number of aromatic nitrogens is 1. The lowest BCUT2D eigenvalue weighted by molar-refractivity contribution is -0.119. The number of hydrogen-bond donors (Lipinski definition) is 1. The third-order valence-corrected chi connectivity index (χ3v) is 6.72. The third kappa shape index (κ3) is 4.43. The van der Waals surface area contributed by atoms with Gasteiger partial charge in [-0.05, 0) is 54.3 Å². The number of aliphatic hydroxyl groups is 1. The number of hydrogen-bond acceptors (Lipinski definition) is 4. The number of aliphatic hydroxyl groups excluding tert-OH is 1. The summed E-state index contributed by atoms with van der Waals surface area (Å²) < 4.78 is 13.0. The van der Waals surface area contributed by atoms with Crippen molar-refractivity contribution in [1.82, 2.24) is 4.57 Å². The Hall–Kier alpha value is -3.61. The van der Waals surface area contributed by atoms with E-state index in [0.29, 0.717) is 12.2 Å². The van der Waals surface area contributed by atoms with E-state index in [4.69, 9.17) is 9.47 Å². The molecule has 1 aliphatic carbocycles. The number of benzene rings is 3. The van der Waals surface area contributed by atoms with Crippen LogP contribution in [-0.4, -0.2) is 36.8 Å². The molecule has 0 aliphatic heterocycles. The zero-order valence-corrected chi connectivity index (χ0v) is 20.3. The van der Waals surface area contributed by atoms with Gasteiger partial charge < -0.3 is 24.0 Å². The van der Waals surface area contributed by atoms with Gasteiger partial charge in [-0.25, -0.2) is 0 Å². The summed E-state index contributed by atoms with van der Waals surface area (Å²) in [6, 6.07) is 24.0. The summed E-state index contributed by atoms with van der Waals surface area (Å²) in [5.41, 5.74) is 5.36. The van der Waals surface area contributed by atoms with Crippen LogP contribution in [0.25, 0.3) is 22.0 Å². The number of carbonyl (C=O) groups is 1. The predicted molar refractivity (Wildman–Crippen MR) is 138 cm³/mol. The van der Waals surface area contributed by atoms with Crippen molar-refractivity contribution in [2.75, 3.05) is 26.2 Å². The van der Waals surface area contributed by atoms with Crippen LogP contribution in [0.15, 0.2) is 72.8 Å². The van der Waals surface area contributed by atoms with Crippen LogP contribution in [0.3, 0.4) is 0 Å². The second-order valence-electron chi connectivity index (χ2n) is 9.02. The van der Waals surface area contributed by atoms with Crippen LogP contribution in [-0.2, 0) is 16.1 Å². The van der Waals surface area contributed by atoms with Crippen molar-refractivity contribution in [2.45, 2.75) is 25.7 Å². The molecule has 1 amide bonds. The number of methoxy groups -OCH3 is 2. The smallest absolute Gasteiger partial charge is 0.229 e. The van der Waals surface area contributed by atoms with Gasteiger partial charge in [-0.3, -0.25) is 4.79 Å². The molecule has 0 spiro atoms. The Bertz CT molecular complexity index is 1370. The van der Waals surface area contributed by atoms with Gasteiger partial charge in [0, 0.05) is 48.8 Å². The van der Waals surface area contributed by atoms with Gasteiger partial charge in [0.25, 0.3) is 0 Å². The normalized spacial score (nSPS) is 14.2. The number of nitrogens with zero attached hydrogens (tertiary/aromatic N) is 2. The molecule has 1 aromatic heterocycles. The largest absolute Gasteiger partial charge is 0.497 e. The molecule has 35 heavy (non-hydrogen) atoms. The maximum Gasteiger partial charge on any atom is 0.229 e. The van der Waals surface area contributed by atoms with E-state index in [2.05, 4.69) is 16.7 Å². The van der Waals surface area contributed by atoms with Crippen molar-refractivity contribution in [3.63, 3.8) is 0 Å². The molecule has 1 atom stereocenters. The average Bonchev–Trinajstić information content (AvgIpc) is 3.70. The highest BCUT2D eigenvalue weighted by Gasteiger charge is 2.33. The molecule has 6 heteroatoms. The molecule has 1 N–H and O–H groups in total. The summed E-state index contributed by atoms with van der Waals surface area (Å²) in [5, 5.41) is 12.1. The van der Waals surface area contributed by atoms with Crippen LogP contribution in [0.1, 0.15) is 30.4 Å². The first-order valence-electron chi connectivity index (χ1n) is 11.8. The topological polar surface area (TPSA) is 63.9 Å². The quantitative estimate of drug-likeness (QED) is 0.352. The van der Waals surface area contributed by atoms with E-state index in [1.54, 1.807) is 12.0 Å². The number of anilines is 1. The molecule has 6 nitrogen and oxygen atoms in total. The van der Waals surface area contributed by atoms with E-state index >= 15 is 0 Å². The van der Waals surface area contributed by atoms with E-state index in [-0.39, 0.29) is 11.8 Å². The fraction of sp³-hybridized carbons (Fsp3) is 0.276. The predicted octanol–water partition coefficient (Wildman–Crippen LogP) is 5.38. The minimum absolute atomic E-state index is 0.138. The Morgan fingerprint density at radius 3 is 2.57 bits per heavy atom. The minimum Gasteiger partial charge on any atom is -0.497 e. The van der Waals surface area contributed by atoms with Crippen molar-refractivity contribution in [2.24, 2.45) is 5.92 Å². The van der Waals surface area contributed by atoms with Gasteiger partial charge in [-0.1, -0.05) is 42.5 Å². The Labute approximate surface area is 205 Å². The molecule has 1 fully saturated rings. The lowest BCUT2D eigenvalue weighted by Crippen LogP contribution is -2.27. The van der Waals surface area contributed by atoms with Crippen molar-refractivity contribution in [3.8, 4) is 16.9 Å². The first kappa shape index (κ1) is 23.1. The van der Waals surface area contributed by atoms with Crippen LogP contribution in [0.2, 0.25) is 0 Å². The second kappa shape index (κ2) is 9.56. The number of ether oxygens (including phenoxy) is 2. The van der Waals surface area contributed by atoms with Crippen LogP contribution in [0.5, 0.6) is 5.75 Å². The molecule has 0 saturated heterocycles. The lowest BCUT2D eigenvalue weighted by atomic mass is 10.0. The van der Waals surface area contributed by atoms with E-state index in [1.807, 2.05) is 67.7 Å². The fourth-order valence-electron chi connectivity index (χ4n) is 4.72. The first-order valence-corrected chi connectivity index (χ1v) is 11.8. The Kier molecular flexibility index (Phi) is 6.32. The number of carbonyl (C=O) groups excluding carboxylic acids is 1. The van der Waals surface area contributed by atoms with E-state index in [0.717, 1.165) is 51.9 Å². The van der Waals surface area contributed by atoms with Gasteiger partial charge in [0.05, 0.1) is 12.8 Å². The van der Waals surface area contributed by atoms with Crippen LogP contribution in [0, 0.1) is 5.92 Å². The third-order valence-electron chi connectivity index (χ3n) is 6.72.